The van der Waals surface area contributed by atoms with E-state index in [9.17, 15) is 18.0 Å². The van der Waals surface area contributed by atoms with Crippen molar-refractivity contribution < 1.29 is 27.8 Å². The van der Waals surface area contributed by atoms with E-state index in [2.05, 4.69) is 9.72 Å². The zero-order chi connectivity index (χ0) is 13.9. The molecule has 0 aliphatic rings. The van der Waals surface area contributed by atoms with Gasteiger partial charge >= 0.3 is 12.3 Å². The Kier molecular flexibility index (Phi) is 5.02. The van der Waals surface area contributed by atoms with Crippen LogP contribution in [0.3, 0.4) is 0 Å². The lowest BCUT2D eigenvalue weighted by Crippen LogP contribution is -2.20. The third kappa shape index (κ3) is 4.16. The second-order valence-corrected chi connectivity index (χ2v) is 4.42. The van der Waals surface area contributed by atoms with Gasteiger partial charge in [0.05, 0.1) is 6.42 Å². The number of aliphatic carboxylic acids is 1. The maximum Gasteiger partial charge on any atom is 0.573 e. The van der Waals surface area contributed by atoms with Gasteiger partial charge in [0.15, 0.2) is 5.75 Å². The summed E-state index contributed by atoms with van der Waals surface area (Å²) in [4.78, 5) is 14.3. The average Bonchev–Trinajstić information content (AvgIpc) is 2.21. The predicted octanol–water partition coefficient (Wildman–Crippen LogP) is 2.95. The Morgan fingerprint density at radius 2 is 2.17 bits per heavy atom. The van der Waals surface area contributed by atoms with Gasteiger partial charge in [0, 0.05) is 17.6 Å². The summed E-state index contributed by atoms with van der Waals surface area (Å²) in [5.41, 5.74) is 0.0768. The zero-order valence-electron chi connectivity index (χ0n) is 8.59. The first-order chi connectivity index (χ1) is 8.24. The number of carboxylic acids is 1. The highest BCUT2D eigenvalue weighted by molar-refractivity contribution is 14.1. The lowest BCUT2D eigenvalue weighted by Gasteiger charge is -2.15. The maximum absolute atomic E-state index is 12.2. The molecule has 0 radical (unpaired) electrons. The fraction of sp³-hybridized carbons (Fsp3) is 0.333. The quantitative estimate of drug-likeness (QED) is 0.484. The lowest BCUT2D eigenvalue weighted by molar-refractivity contribution is -0.275. The van der Waals surface area contributed by atoms with E-state index in [0.717, 1.165) is 0 Å². The van der Waals surface area contributed by atoms with Crippen LogP contribution in [0.2, 0.25) is 0 Å². The third-order valence-corrected chi connectivity index (χ3v) is 2.93. The van der Waals surface area contributed by atoms with Crippen LogP contribution in [0, 0.1) is 3.70 Å². The predicted molar refractivity (Wildman–Crippen MR) is 64.5 cm³/mol. The molecule has 0 aliphatic heterocycles. The first-order valence-corrected chi connectivity index (χ1v) is 6.05. The number of nitrogens with zero attached hydrogens (tertiary/aromatic N) is 1. The number of rotatable bonds is 4. The number of hydrogen-bond donors (Lipinski definition) is 1. The number of aromatic nitrogens is 1. The summed E-state index contributed by atoms with van der Waals surface area (Å²) in [7, 11) is 0. The van der Waals surface area contributed by atoms with Crippen LogP contribution in [0.1, 0.15) is 11.1 Å². The highest BCUT2D eigenvalue weighted by atomic mass is 127. The molecule has 0 amide bonds. The smallest absolute Gasteiger partial charge is 0.481 e. The van der Waals surface area contributed by atoms with Crippen LogP contribution in [-0.2, 0) is 17.1 Å². The minimum absolute atomic E-state index is 0.0740. The van der Waals surface area contributed by atoms with Gasteiger partial charge in [-0.3, -0.25) is 4.79 Å². The van der Waals surface area contributed by atoms with E-state index >= 15 is 0 Å². The number of pyridine rings is 1. The van der Waals surface area contributed by atoms with E-state index in [1.165, 1.54) is 28.8 Å². The highest BCUT2D eigenvalue weighted by Gasteiger charge is 2.34. The van der Waals surface area contributed by atoms with E-state index in [-0.39, 0.29) is 20.7 Å². The van der Waals surface area contributed by atoms with E-state index < -0.39 is 24.5 Å². The topological polar surface area (TPSA) is 59.4 Å². The maximum atomic E-state index is 12.2. The third-order valence-electron chi connectivity index (χ3n) is 1.87. The zero-order valence-corrected chi connectivity index (χ0v) is 11.5. The van der Waals surface area contributed by atoms with Gasteiger partial charge in [0.1, 0.15) is 3.70 Å². The molecule has 0 aromatic carbocycles. The van der Waals surface area contributed by atoms with E-state index in [4.69, 9.17) is 16.7 Å². The molecule has 0 bridgehead atoms. The van der Waals surface area contributed by atoms with Gasteiger partial charge in [-0.2, -0.15) is 0 Å². The summed E-state index contributed by atoms with van der Waals surface area (Å²) in [6.07, 6.45) is -4.30. The first kappa shape index (κ1) is 15.3. The Labute approximate surface area is 118 Å². The molecule has 1 rings (SSSR count). The van der Waals surface area contributed by atoms with Crippen LogP contribution in [0.5, 0.6) is 5.75 Å². The normalized spacial score (nSPS) is 11.4. The van der Waals surface area contributed by atoms with Crippen molar-refractivity contribution in [1.29, 1.82) is 0 Å². The molecule has 0 saturated heterocycles. The van der Waals surface area contributed by atoms with Crippen molar-refractivity contribution in [2.24, 2.45) is 0 Å². The van der Waals surface area contributed by atoms with E-state index in [1.807, 2.05) is 0 Å². The van der Waals surface area contributed by atoms with Gasteiger partial charge in [0.2, 0.25) is 0 Å². The molecule has 0 fully saturated rings. The van der Waals surface area contributed by atoms with Crippen molar-refractivity contribution >= 4 is 40.2 Å². The van der Waals surface area contributed by atoms with Gasteiger partial charge in [-0.05, 0) is 28.2 Å². The fourth-order valence-corrected chi connectivity index (χ4v) is 2.03. The Balaban J connectivity index is 3.31. The molecule has 0 aliphatic carbocycles. The SMILES string of the molecule is O=C(O)Cc1c(CCl)cnc(I)c1OC(F)(F)F. The highest BCUT2D eigenvalue weighted by Crippen LogP contribution is 2.33. The van der Waals surface area contributed by atoms with Crippen molar-refractivity contribution in [3.05, 3.63) is 21.0 Å². The summed E-state index contributed by atoms with van der Waals surface area (Å²) >= 11 is 7.07. The van der Waals surface area contributed by atoms with E-state index in [0.29, 0.717) is 0 Å². The van der Waals surface area contributed by atoms with Crippen molar-refractivity contribution in [1.82, 2.24) is 4.98 Å². The van der Waals surface area contributed by atoms with E-state index in [1.54, 1.807) is 0 Å². The molecule has 0 spiro atoms. The van der Waals surface area contributed by atoms with Crippen LogP contribution in [0.25, 0.3) is 0 Å². The van der Waals surface area contributed by atoms with Crippen LogP contribution in [-0.4, -0.2) is 22.4 Å². The Bertz CT molecular complexity index is 467. The number of hydrogen-bond acceptors (Lipinski definition) is 3. The van der Waals surface area contributed by atoms with Gasteiger partial charge in [-0.15, -0.1) is 24.8 Å². The van der Waals surface area contributed by atoms with Crippen LogP contribution >= 0.6 is 34.2 Å². The fourth-order valence-electron chi connectivity index (χ4n) is 1.22. The Morgan fingerprint density at radius 1 is 1.56 bits per heavy atom. The molecule has 100 valence electrons. The monoisotopic (exact) mass is 395 g/mol. The van der Waals surface area contributed by atoms with Crippen molar-refractivity contribution in [2.45, 2.75) is 18.7 Å². The first-order valence-electron chi connectivity index (χ1n) is 4.44. The van der Waals surface area contributed by atoms with Gasteiger partial charge in [0.25, 0.3) is 0 Å². The average molecular weight is 396 g/mol. The molecule has 0 unspecified atom stereocenters. The Hall–Kier alpha value is -0.770. The van der Waals surface area contributed by atoms with Crippen LogP contribution < -0.4 is 4.74 Å². The van der Waals surface area contributed by atoms with Crippen molar-refractivity contribution in [2.75, 3.05) is 0 Å². The lowest BCUT2D eigenvalue weighted by atomic mass is 10.1. The molecular weight excluding hydrogens is 389 g/mol. The molecule has 9 heteroatoms. The van der Waals surface area contributed by atoms with Gasteiger partial charge in [-0.1, -0.05) is 0 Å². The van der Waals surface area contributed by atoms with Crippen molar-refractivity contribution in [3.8, 4) is 5.75 Å². The summed E-state index contributed by atoms with van der Waals surface area (Å²) in [5, 5.41) is 8.70. The summed E-state index contributed by atoms with van der Waals surface area (Å²) in [5.74, 6) is -2.04. The van der Waals surface area contributed by atoms with Gasteiger partial charge < -0.3 is 9.84 Å². The second kappa shape index (κ2) is 5.91. The minimum Gasteiger partial charge on any atom is -0.481 e. The van der Waals surface area contributed by atoms with Gasteiger partial charge in [-0.25, -0.2) is 4.98 Å². The molecular formula is C9H6ClF3INO3. The molecule has 0 saturated carbocycles. The number of carbonyl (C=O) groups is 1. The minimum atomic E-state index is -4.92. The number of halogens is 5. The Morgan fingerprint density at radius 3 is 2.61 bits per heavy atom. The van der Waals surface area contributed by atoms with Crippen LogP contribution in [0.4, 0.5) is 13.2 Å². The molecule has 1 aromatic heterocycles. The molecule has 4 nitrogen and oxygen atoms in total. The summed E-state index contributed by atoms with van der Waals surface area (Å²) in [6, 6.07) is 0. The standard InChI is InChI=1S/C9H6ClF3INO3/c10-2-4-3-15-8(14)7(18-9(11,12)13)5(4)1-6(16)17/h3H,1-2H2,(H,16,17). The second-order valence-electron chi connectivity index (χ2n) is 3.13. The molecule has 1 heterocycles. The largest absolute Gasteiger partial charge is 0.573 e. The summed E-state index contributed by atoms with van der Waals surface area (Å²) in [6.45, 7) is 0. The molecule has 0 atom stereocenters. The molecule has 1 N–H and O–H groups in total. The number of carboxylic acid groups (broad SMARTS) is 1. The number of ether oxygens (including phenoxy) is 1. The molecule has 18 heavy (non-hydrogen) atoms. The summed E-state index contributed by atoms with van der Waals surface area (Å²) < 4.78 is 40.5. The van der Waals surface area contributed by atoms with Crippen molar-refractivity contribution in [3.63, 3.8) is 0 Å². The number of alkyl halides is 4. The molecule has 1 aromatic rings. The van der Waals surface area contributed by atoms with Crippen LogP contribution in [0.15, 0.2) is 6.20 Å².